The standard InChI is InChI=1S/C18H25NO3/c1-3-5-6-7-8-13-19-16-11-9-15(10-12-16)17(20)14-18(21)22-4-2/h6-7,9-12,19H,3-5,8,13-14H2,1-2H3. The molecule has 1 rings (SSSR count). The van der Waals surface area contributed by atoms with Crippen LogP contribution in [-0.2, 0) is 9.53 Å². The number of rotatable bonds is 10. The van der Waals surface area contributed by atoms with Crippen molar-refractivity contribution in [3.8, 4) is 0 Å². The zero-order valence-corrected chi connectivity index (χ0v) is 13.4. The van der Waals surface area contributed by atoms with Crippen LogP contribution in [0.25, 0.3) is 0 Å². The lowest BCUT2D eigenvalue weighted by atomic mass is 10.1. The van der Waals surface area contributed by atoms with Gasteiger partial charge >= 0.3 is 5.97 Å². The van der Waals surface area contributed by atoms with E-state index in [1.807, 2.05) is 12.1 Å². The van der Waals surface area contributed by atoms with Crippen molar-refractivity contribution in [3.05, 3.63) is 42.0 Å². The van der Waals surface area contributed by atoms with E-state index in [9.17, 15) is 9.59 Å². The predicted molar refractivity (Wildman–Crippen MR) is 89.2 cm³/mol. The number of allylic oxidation sites excluding steroid dienone is 1. The number of ketones is 1. The minimum atomic E-state index is -0.478. The van der Waals surface area contributed by atoms with E-state index in [-0.39, 0.29) is 12.2 Å². The monoisotopic (exact) mass is 303 g/mol. The summed E-state index contributed by atoms with van der Waals surface area (Å²) in [5, 5.41) is 3.29. The van der Waals surface area contributed by atoms with Gasteiger partial charge in [-0.25, -0.2) is 0 Å². The lowest BCUT2D eigenvalue weighted by Crippen LogP contribution is -2.11. The van der Waals surface area contributed by atoms with Crippen molar-refractivity contribution in [2.45, 2.75) is 39.5 Å². The highest BCUT2D eigenvalue weighted by atomic mass is 16.5. The third kappa shape index (κ3) is 7.07. The maximum atomic E-state index is 11.9. The van der Waals surface area contributed by atoms with Crippen LogP contribution in [0, 0.1) is 0 Å². The Balaban J connectivity index is 2.39. The van der Waals surface area contributed by atoms with Crippen LogP contribution in [-0.4, -0.2) is 24.9 Å². The molecular weight excluding hydrogens is 278 g/mol. The Morgan fingerprint density at radius 3 is 2.41 bits per heavy atom. The van der Waals surface area contributed by atoms with E-state index in [4.69, 9.17) is 4.74 Å². The molecule has 0 saturated carbocycles. The predicted octanol–water partition coefficient (Wildman–Crippen LogP) is 3.98. The maximum Gasteiger partial charge on any atom is 0.313 e. The lowest BCUT2D eigenvalue weighted by molar-refractivity contribution is -0.141. The average molecular weight is 303 g/mol. The van der Waals surface area contributed by atoms with Crippen molar-refractivity contribution in [1.82, 2.24) is 0 Å². The number of carbonyl (C=O) groups is 2. The molecule has 1 aromatic rings. The van der Waals surface area contributed by atoms with Gasteiger partial charge in [0.1, 0.15) is 6.42 Å². The molecule has 0 fully saturated rings. The first-order chi connectivity index (χ1) is 10.7. The first-order valence-corrected chi connectivity index (χ1v) is 7.85. The van der Waals surface area contributed by atoms with E-state index in [2.05, 4.69) is 24.4 Å². The summed E-state index contributed by atoms with van der Waals surface area (Å²) < 4.78 is 4.77. The Hall–Kier alpha value is -2.10. The zero-order valence-electron chi connectivity index (χ0n) is 13.4. The van der Waals surface area contributed by atoms with Gasteiger partial charge in [0, 0.05) is 17.8 Å². The summed E-state index contributed by atoms with van der Waals surface area (Å²) in [5.74, 6) is -0.693. The van der Waals surface area contributed by atoms with Gasteiger partial charge in [0.15, 0.2) is 5.78 Å². The fourth-order valence-electron chi connectivity index (χ4n) is 1.92. The molecule has 0 aliphatic rings. The van der Waals surface area contributed by atoms with Crippen molar-refractivity contribution in [3.63, 3.8) is 0 Å². The number of anilines is 1. The molecule has 0 spiro atoms. The minimum absolute atomic E-state index is 0.206. The molecule has 0 aliphatic heterocycles. The van der Waals surface area contributed by atoms with Crippen molar-refractivity contribution in [2.24, 2.45) is 0 Å². The number of esters is 1. The molecule has 0 heterocycles. The highest BCUT2D eigenvalue weighted by molar-refractivity contribution is 6.06. The van der Waals surface area contributed by atoms with Gasteiger partial charge < -0.3 is 10.1 Å². The van der Waals surface area contributed by atoms with Crippen LogP contribution < -0.4 is 5.32 Å². The zero-order chi connectivity index (χ0) is 16.2. The number of ether oxygens (including phenoxy) is 1. The molecule has 0 aromatic heterocycles. The number of benzene rings is 1. The average Bonchev–Trinajstić information content (AvgIpc) is 2.51. The van der Waals surface area contributed by atoms with E-state index in [1.54, 1.807) is 19.1 Å². The molecule has 0 amide bonds. The first kappa shape index (κ1) is 18.0. The van der Waals surface area contributed by atoms with Crippen molar-refractivity contribution in [1.29, 1.82) is 0 Å². The summed E-state index contributed by atoms with van der Waals surface area (Å²) in [4.78, 5) is 23.2. The Kier molecular flexibility index (Phi) is 8.65. The third-order valence-corrected chi connectivity index (χ3v) is 3.08. The van der Waals surface area contributed by atoms with Crippen molar-refractivity contribution < 1.29 is 14.3 Å². The second-order valence-electron chi connectivity index (χ2n) is 4.96. The molecule has 0 bridgehead atoms. The number of unbranched alkanes of at least 4 members (excludes halogenated alkanes) is 1. The van der Waals surface area contributed by atoms with E-state index in [0.29, 0.717) is 12.2 Å². The molecule has 4 nitrogen and oxygen atoms in total. The fraction of sp³-hybridized carbons (Fsp3) is 0.444. The molecular formula is C18H25NO3. The Morgan fingerprint density at radius 2 is 1.77 bits per heavy atom. The van der Waals surface area contributed by atoms with Gasteiger partial charge in [-0.2, -0.15) is 0 Å². The molecule has 1 aromatic carbocycles. The van der Waals surface area contributed by atoms with E-state index in [0.717, 1.165) is 25.1 Å². The second-order valence-corrected chi connectivity index (χ2v) is 4.96. The summed E-state index contributed by atoms with van der Waals surface area (Å²) in [7, 11) is 0. The molecule has 120 valence electrons. The SMILES string of the molecule is CCCC=CCCNc1ccc(C(=O)CC(=O)OCC)cc1. The van der Waals surface area contributed by atoms with Gasteiger partial charge in [-0.05, 0) is 44.0 Å². The van der Waals surface area contributed by atoms with Crippen molar-refractivity contribution >= 4 is 17.4 Å². The molecule has 0 saturated heterocycles. The number of carbonyl (C=O) groups excluding carboxylic acids is 2. The van der Waals surface area contributed by atoms with Gasteiger partial charge in [0.05, 0.1) is 6.61 Å². The fourth-order valence-corrected chi connectivity index (χ4v) is 1.92. The van der Waals surface area contributed by atoms with E-state index >= 15 is 0 Å². The Bertz CT molecular complexity index is 492. The number of hydrogen-bond acceptors (Lipinski definition) is 4. The molecule has 0 radical (unpaired) electrons. The molecule has 0 unspecified atom stereocenters. The van der Waals surface area contributed by atoms with Crippen LogP contribution in [0.4, 0.5) is 5.69 Å². The normalized spacial score (nSPS) is 10.6. The van der Waals surface area contributed by atoms with Gasteiger partial charge in [-0.15, -0.1) is 0 Å². The summed E-state index contributed by atoms with van der Waals surface area (Å²) in [5.41, 5.74) is 1.50. The topological polar surface area (TPSA) is 55.4 Å². The van der Waals surface area contributed by atoms with Crippen LogP contribution in [0.1, 0.15) is 49.9 Å². The highest BCUT2D eigenvalue weighted by Crippen LogP contribution is 2.11. The maximum absolute atomic E-state index is 11.9. The van der Waals surface area contributed by atoms with Crippen LogP contribution in [0.2, 0.25) is 0 Å². The molecule has 22 heavy (non-hydrogen) atoms. The molecule has 0 aliphatic carbocycles. The summed E-state index contributed by atoms with van der Waals surface area (Å²) >= 11 is 0. The molecule has 0 atom stereocenters. The first-order valence-electron chi connectivity index (χ1n) is 7.85. The van der Waals surface area contributed by atoms with Gasteiger partial charge in [0.2, 0.25) is 0 Å². The highest BCUT2D eigenvalue weighted by Gasteiger charge is 2.12. The van der Waals surface area contributed by atoms with Gasteiger partial charge in [-0.3, -0.25) is 9.59 Å². The molecule has 1 N–H and O–H groups in total. The summed E-state index contributed by atoms with van der Waals surface area (Å²) in [6, 6.07) is 7.18. The van der Waals surface area contributed by atoms with Crippen LogP contribution >= 0.6 is 0 Å². The summed E-state index contributed by atoms with van der Waals surface area (Å²) in [6.07, 6.45) is 7.43. The van der Waals surface area contributed by atoms with Crippen molar-refractivity contribution in [2.75, 3.05) is 18.5 Å². The van der Waals surface area contributed by atoms with Crippen LogP contribution in [0.3, 0.4) is 0 Å². The summed E-state index contributed by atoms with van der Waals surface area (Å²) in [6.45, 7) is 5.03. The third-order valence-electron chi connectivity index (χ3n) is 3.08. The quantitative estimate of drug-likeness (QED) is 0.233. The largest absolute Gasteiger partial charge is 0.466 e. The smallest absolute Gasteiger partial charge is 0.313 e. The second kappa shape index (κ2) is 10.6. The molecule has 4 heteroatoms. The lowest BCUT2D eigenvalue weighted by Gasteiger charge is -2.06. The van der Waals surface area contributed by atoms with Gasteiger partial charge in [-0.1, -0.05) is 25.5 Å². The minimum Gasteiger partial charge on any atom is -0.466 e. The van der Waals surface area contributed by atoms with Crippen LogP contribution in [0.15, 0.2) is 36.4 Å². The van der Waals surface area contributed by atoms with Gasteiger partial charge in [0.25, 0.3) is 0 Å². The van der Waals surface area contributed by atoms with E-state index < -0.39 is 5.97 Å². The number of nitrogens with one attached hydrogen (secondary N) is 1. The Labute approximate surface area is 132 Å². The number of Topliss-reactive ketones (excluding diaryl/α,β-unsaturated/α-hetero) is 1. The number of hydrogen-bond donors (Lipinski definition) is 1. The van der Waals surface area contributed by atoms with Crippen LogP contribution in [0.5, 0.6) is 0 Å². The Morgan fingerprint density at radius 1 is 1.09 bits per heavy atom. The van der Waals surface area contributed by atoms with E-state index in [1.165, 1.54) is 6.42 Å².